The van der Waals surface area contributed by atoms with E-state index in [0.29, 0.717) is 34.2 Å². The highest BCUT2D eigenvalue weighted by Gasteiger charge is 2.17. The Morgan fingerprint density at radius 2 is 1.85 bits per heavy atom. The van der Waals surface area contributed by atoms with Crippen molar-refractivity contribution >= 4 is 11.4 Å². The van der Waals surface area contributed by atoms with Gasteiger partial charge >= 0.3 is 0 Å². The van der Waals surface area contributed by atoms with Crippen LogP contribution in [0.2, 0.25) is 0 Å². The van der Waals surface area contributed by atoms with Crippen molar-refractivity contribution in [1.29, 1.82) is 0 Å². The van der Waals surface area contributed by atoms with Crippen molar-refractivity contribution in [3.8, 4) is 22.8 Å². The number of imidazole rings is 1. The SMILES string of the molecule is COc1ccc(-c2ccc3nc(C)c(C(=O)C=CN(C)C)n3n2)cc1OC. The van der Waals surface area contributed by atoms with Crippen molar-refractivity contribution in [2.45, 2.75) is 6.92 Å². The van der Waals surface area contributed by atoms with E-state index in [1.54, 1.807) is 29.8 Å². The van der Waals surface area contributed by atoms with Gasteiger partial charge in [-0.3, -0.25) is 4.79 Å². The molecule has 0 aliphatic heterocycles. The zero-order chi connectivity index (χ0) is 19.6. The summed E-state index contributed by atoms with van der Waals surface area (Å²) in [5.41, 5.74) is 3.26. The summed E-state index contributed by atoms with van der Waals surface area (Å²) in [5.74, 6) is 1.11. The molecule has 0 fully saturated rings. The second kappa shape index (κ2) is 7.49. The zero-order valence-electron chi connectivity index (χ0n) is 16.1. The molecule has 140 valence electrons. The Balaban J connectivity index is 2.10. The molecular formula is C20H22N4O3. The van der Waals surface area contributed by atoms with Gasteiger partial charge in [-0.15, -0.1) is 0 Å². The summed E-state index contributed by atoms with van der Waals surface area (Å²) in [7, 11) is 6.90. The number of methoxy groups -OCH3 is 2. The van der Waals surface area contributed by atoms with E-state index < -0.39 is 0 Å². The Morgan fingerprint density at radius 1 is 1.11 bits per heavy atom. The van der Waals surface area contributed by atoms with Crippen LogP contribution in [0.4, 0.5) is 0 Å². The number of aromatic nitrogens is 3. The number of benzene rings is 1. The summed E-state index contributed by atoms with van der Waals surface area (Å²) in [4.78, 5) is 18.9. The number of aryl methyl sites for hydroxylation is 1. The van der Waals surface area contributed by atoms with Crippen LogP contribution in [0.5, 0.6) is 11.5 Å². The maximum Gasteiger partial charge on any atom is 0.207 e. The predicted octanol–water partition coefficient (Wildman–Crippen LogP) is 2.98. The van der Waals surface area contributed by atoms with Crippen molar-refractivity contribution in [2.75, 3.05) is 28.3 Å². The molecule has 0 radical (unpaired) electrons. The van der Waals surface area contributed by atoms with Crippen molar-refractivity contribution in [2.24, 2.45) is 0 Å². The minimum Gasteiger partial charge on any atom is -0.493 e. The first-order valence-electron chi connectivity index (χ1n) is 8.42. The molecule has 2 heterocycles. The van der Waals surface area contributed by atoms with Crippen molar-refractivity contribution < 1.29 is 14.3 Å². The summed E-state index contributed by atoms with van der Waals surface area (Å²) in [5, 5.41) is 4.63. The highest BCUT2D eigenvalue weighted by atomic mass is 16.5. The second-order valence-electron chi connectivity index (χ2n) is 6.25. The molecule has 7 heteroatoms. The average Bonchev–Trinajstić information content (AvgIpc) is 3.00. The molecule has 0 unspecified atom stereocenters. The van der Waals surface area contributed by atoms with Crippen LogP contribution >= 0.6 is 0 Å². The summed E-state index contributed by atoms with van der Waals surface area (Å²) in [6, 6.07) is 9.29. The third-order valence-electron chi connectivity index (χ3n) is 4.09. The van der Waals surface area contributed by atoms with E-state index in [-0.39, 0.29) is 5.78 Å². The third kappa shape index (κ3) is 3.62. The van der Waals surface area contributed by atoms with E-state index in [1.807, 2.05) is 51.4 Å². The highest BCUT2D eigenvalue weighted by Crippen LogP contribution is 2.31. The monoisotopic (exact) mass is 366 g/mol. The van der Waals surface area contributed by atoms with Crippen molar-refractivity contribution in [3.05, 3.63) is 54.0 Å². The first-order valence-corrected chi connectivity index (χ1v) is 8.42. The third-order valence-corrected chi connectivity index (χ3v) is 4.09. The minimum atomic E-state index is -0.148. The van der Waals surface area contributed by atoms with Gasteiger partial charge in [0.25, 0.3) is 0 Å². The fourth-order valence-electron chi connectivity index (χ4n) is 2.77. The summed E-state index contributed by atoms with van der Waals surface area (Å²) >= 11 is 0. The standard InChI is InChI=1S/C20H22N4O3/c1-13-20(16(25)10-11-23(2)3)24-19(21-13)9-7-15(22-24)14-6-8-17(26-4)18(12-14)27-5/h6-12H,1-5H3. The van der Waals surface area contributed by atoms with Gasteiger partial charge in [-0.2, -0.15) is 5.10 Å². The summed E-state index contributed by atoms with van der Waals surface area (Å²) < 4.78 is 12.2. The van der Waals surface area contributed by atoms with Gasteiger partial charge in [-0.1, -0.05) is 0 Å². The van der Waals surface area contributed by atoms with Gasteiger partial charge in [0.1, 0.15) is 5.69 Å². The normalized spacial score (nSPS) is 11.1. The molecule has 3 rings (SSSR count). The molecule has 0 saturated carbocycles. The van der Waals surface area contributed by atoms with Crippen LogP contribution < -0.4 is 9.47 Å². The smallest absolute Gasteiger partial charge is 0.207 e. The van der Waals surface area contributed by atoms with Crippen molar-refractivity contribution in [3.63, 3.8) is 0 Å². The Hall–Kier alpha value is -3.35. The van der Waals surface area contributed by atoms with Crippen LogP contribution in [-0.4, -0.2) is 53.6 Å². The molecule has 0 bridgehead atoms. The molecule has 1 aromatic carbocycles. The molecule has 7 nitrogen and oxygen atoms in total. The van der Waals surface area contributed by atoms with Crippen LogP contribution in [-0.2, 0) is 0 Å². The van der Waals surface area contributed by atoms with Gasteiger partial charge in [0.15, 0.2) is 17.1 Å². The van der Waals surface area contributed by atoms with Crippen molar-refractivity contribution in [1.82, 2.24) is 19.5 Å². The molecule has 0 saturated heterocycles. The molecule has 3 aromatic rings. The molecular weight excluding hydrogens is 344 g/mol. The number of rotatable bonds is 6. The van der Waals surface area contributed by atoms with E-state index in [1.165, 1.54) is 6.08 Å². The van der Waals surface area contributed by atoms with Crippen LogP contribution in [0.3, 0.4) is 0 Å². The molecule has 0 aliphatic carbocycles. The lowest BCUT2D eigenvalue weighted by molar-refractivity contribution is 0.103. The number of ketones is 1. The van der Waals surface area contributed by atoms with Gasteiger partial charge in [-0.25, -0.2) is 9.50 Å². The Labute approximate surface area is 157 Å². The number of nitrogens with zero attached hydrogens (tertiary/aromatic N) is 4. The summed E-state index contributed by atoms with van der Waals surface area (Å²) in [6.45, 7) is 1.81. The second-order valence-corrected chi connectivity index (χ2v) is 6.25. The molecule has 0 spiro atoms. The van der Waals surface area contributed by atoms with Crippen LogP contribution in [0.15, 0.2) is 42.6 Å². The minimum absolute atomic E-state index is 0.148. The van der Waals surface area contributed by atoms with E-state index in [2.05, 4.69) is 10.1 Å². The quantitative estimate of drug-likeness (QED) is 0.493. The number of allylic oxidation sites excluding steroid dienone is 1. The maximum atomic E-state index is 12.6. The van der Waals surface area contributed by atoms with Gasteiger partial charge in [-0.05, 0) is 37.3 Å². The largest absolute Gasteiger partial charge is 0.493 e. The van der Waals surface area contributed by atoms with E-state index in [9.17, 15) is 4.79 Å². The van der Waals surface area contributed by atoms with Gasteiger partial charge in [0.05, 0.1) is 25.6 Å². The predicted molar refractivity (Wildman–Crippen MR) is 103 cm³/mol. The molecule has 0 amide bonds. The molecule has 27 heavy (non-hydrogen) atoms. The number of carbonyl (C=O) groups is 1. The Bertz CT molecular complexity index is 1020. The first-order chi connectivity index (χ1) is 12.9. The number of fused-ring (bicyclic) bond motifs is 1. The molecule has 0 N–H and O–H groups in total. The molecule has 0 atom stereocenters. The lowest BCUT2D eigenvalue weighted by Gasteiger charge is -2.09. The van der Waals surface area contributed by atoms with E-state index >= 15 is 0 Å². The Kier molecular flexibility index (Phi) is 5.12. The van der Waals surface area contributed by atoms with Crippen LogP contribution in [0.25, 0.3) is 16.9 Å². The number of ether oxygens (including phenoxy) is 2. The maximum absolute atomic E-state index is 12.6. The fourth-order valence-corrected chi connectivity index (χ4v) is 2.77. The van der Waals surface area contributed by atoms with Crippen LogP contribution in [0.1, 0.15) is 16.2 Å². The number of hydrogen-bond donors (Lipinski definition) is 0. The molecule has 2 aromatic heterocycles. The average molecular weight is 366 g/mol. The van der Waals surface area contributed by atoms with Gasteiger partial charge < -0.3 is 14.4 Å². The first kappa shape index (κ1) is 18.4. The summed E-state index contributed by atoms with van der Waals surface area (Å²) in [6.07, 6.45) is 3.22. The lowest BCUT2D eigenvalue weighted by atomic mass is 10.1. The highest BCUT2D eigenvalue weighted by molar-refractivity contribution is 6.04. The fraction of sp³-hybridized carbons (Fsp3) is 0.250. The van der Waals surface area contributed by atoms with E-state index in [0.717, 1.165) is 5.56 Å². The number of hydrogen-bond acceptors (Lipinski definition) is 6. The lowest BCUT2D eigenvalue weighted by Crippen LogP contribution is -2.08. The van der Waals surface area contributed by atoms with Gasteiger partial charge in [0, 0.05) is 31.9 Å². The van der Waals surface area contributed by atoms with E-state index in [4.69, 9.17) is 9.47 Å². The Morgan fingerprint density at radius 3 is 2.52 bits per heavy atom. The number of carbonyl (C=O) groups excluding carboxylic acids is 1. The van der Waals surface area contributed by atoms with Gasteiger partial charge in [0.2, 0.25) is 5.78 Å². The molecule has 0 aliphatic rings. The topological polar surface area (TPSA) is 69.0 Å². The van der Waals surface area contributed by atoms with Crippen LogP contribution in [0, 0.1) is 6.92 Å². The zero-order valence-corrected chi connectivity index (χ0v) is 16.1.